The van der Waals surface area contributed by atoms with Crippen LogP contribution in [0.1, 0.15) is 25.3 Å². The Morgan fingerprint density at radius 1 is 1.30 bits per heavy atom. The topological polar surface area (TPSA) is 52.6 Å². The molecule has 0 heterocycles. The zero-order chi connectivity index (χ0) is 14.8. The summed E-state index contributed by atoms with van der Waals surface area (Å²) in [5.74, 6) is 1.60. The van der Waals surface area contributed by atoms with Gasteiger partial charge in [0.05, 0.1) is 13.2 Å². The van der Waals surface area contributed by atoms with Gasteiger partial charge in [0.15, 0.2) is 0 Å². The second-order valence-corrected chi connectivity index (χ2v) is 4.18. The Labute approximate surface area is 119 Å². The molecule has 1 unspecified atom stereocenters. The molecule has 0 radical (unpaired) electrons. The summed E-state index contributed by atoms with van der Waals surface area (Å²) in [4.78, 5) is 22.8. The highest BCUT2D eigenvalue weighted by Gasteiger charge is 2.16. The van der Waals surface area contributed by atoms with Crippen LogP contribution in [0.4, 0.5) is 0 Å². The summed E-state index contributed by atoms with van der Waals surface area (Å²) >= 11 is 0. The lowest BCUT2D eigenvalue weighted by atomic mass is 10.1. The van der Waals surface area contributed by atoms with Gasteiger partial charge in [-0.2, -0.15) is 0 Å². The fraction of sp³-hybridized carbons (Fsp3) is 0.375. The molecule has 0 bridgehead atoms. The molecular formula is C16H18O4. The average Bonchev–Trinajstić information content (AvgIpc) is 2.44. The van der Waals surface area contributed by atoms with E-state index in [-0.39, 0.29) is 25.2 Å². The largest absolute Gasteiger partial charge is 0.466 e. The number of terminal acetylenes is 1. The van der Waals surface area contributed by atoms with Crippen LogP contribution in [0.15, 0.2) is 30.3 Å². The van der Waals surface area contributed by atoms with E-state index in [2.05, 4.69) is 5.92 Å². The average molecular weight is 274 g/mol. The predicted octanol–water partition coefficient (Wildman–Crippen LogP) is 2.12. The van der Waals surface area contributed by atoms with Gasteiger partial charge >= 0.3 is 5.97 Å². The fourth-order valence-corrected chi connectivity index (χ4v) is 1.59. The number of ether oxygens (including phenoxy) is 2. The van der Waals surface area contributed by atoms with E-state index in [9.17, 15) is 9.59 Å². The molecule has 0 aliphatic carbocycles. The van der Waals surface area contributed by atoms with Gasteiger partial charge in [-0.25, -0.2) is 0 Å². The number of benzene rings is 1. The van der Waals surface area contributed by atoms with Crippen LogP contribution in [0.2, 0.25) is 0 Å². The minimum absolute atomic E-state index is 0.0160. The minimum atomic E-state index is -0.628. The van der Waals surface area contributed by atoms with Crippen LogP contribution in [-0.4, -0.2) is 24.5 Å². The molecule has 1 aromatic carbocycles. The van der Waals surface area contributed by atoms with Crippen LogP contribution in [-0.2, 0) is 25.7 Å². The van der Waals surface area contributed by atoms with Gasteiger partial charge in [0.25, 0.3) is 0 Å². The van der Waals surface area contributed by atoms with Gasteiger partial charge in [0.1, 0.15) is 18.3 Å². The quantitative estimate of drug-likeness (QED) is 0.414. The molecule has 0 saturated heterocycles. The van der Waals surface area contributed by atoms with E-state index in [1.165, 1.54) is 0 Å². The van der Waals surface area contributed by atoms with Crippen molar-refractivity contribution >= 4 is 11.8 Å². The number of ketones is 1. The Morgan fingerprint density at radius 2 is 2.00 bits per heavy atom. The molecule has 0 saturated carbocycles. The molecular weight excluding hydrogens is 256 g/mol. The van der Waals surface area contributed by atoms with Gasteiger partial charge in [0, 0.05) is 6.42 Å². The van der Waals surface area contributed by atoms with Gasteiger partial charge in [-0.05, 0) is 12.5 Å². The molecule has 0 spiro atoms. The molecule has 106 valence electrons. The van der Waals surface area contributed by atoms with Crippen molar-refractivity contribution in [1.29, 1.82) is 0 Å². The molecule has 0 aliphatic heterocycles. The Balaban J connectivity index is 2.38. The maximum atomic E-state index is 11.6. The number of esters is 1. The van der Waals surface area contributed by atoms with Crippen molar-refractivity contribution < 1.29 is 19.1 Å². The van der Waals surface area contributed by atoms with E-state index in [0.29, 0.717) is 6.61 Å². The Morgan fingerprint density at radius 3 is 2.60 bits per heavy atom. The van der Waals surface area contributed by atoms with Crippen LogP contribution in [0.5, 0.6) is 0 Å². The van der Waals surface area contributed by atoms with Gasteiger partial charge < -0.3 is 9.47 Å². The summed E-state index contributed by atoms with van der Waals surface area (Å²) in [6.07, 6.45) is 4.46. The van der Waals surface area contributed by atoms with Crippen molar-refractivity contribution in [2.45, 2.75) is 32.5 Å². The number of carbonyl (C=O) groups excluding carboxylic acids is 2. The molecule has 20 heavy (non-hydrogen) atoms. The lowest BCUT2D eigenvalue weighted by Gasteiger charge is -2.11. The summed E-state index contributed by atoms with van der Waals surface area (Å²) in [6.45, 7) is 2.28. The van der Waals surface area contributed by atoms with Crippen molar-refractivity contribution in [3.05, 3.63) is 35.9 Å². The highest BCUT2D eigenvalue weighted by atomic mass is 16.5. The predicted molar refractivity (Wildman–Crippen MR) is 74.7 cm³/mol. The Kier molecular flexibility index (Phi) is 7.08. The highest BCUT2D eigenvalue weighted by molar-refractivity contribution is 5.95. The molecule has 0 aromatic heterocycles. The third-order valence-corrected chi connectivity index (χ3v) is 2.54. The molecule has 0 aliphatic rings. The van der Waals surface area contributed by atoms with Crippen molar-refractivity contribution in [1.82, 2.24) is 0 Å². The first-order chi connectivity index (χ1) is 9.65. The van der Waals surface area contributed by atoms with Gasteiger partial charge in [-0.15, -0.1) is 6.42 Å². The molecule has 0 N–H and O–H groups in total. The maximum Gasteiger partial charge on any atom is 0.313 e. The molecule has 0 fully saturated rings. The SMILES string of the molecule is C#CC(CC(=O)CC(=O)OCC)OCc1ccccc1. The normalized spacial score (nSPS) is 11.4. The van der Waals surface area contributed by atoms with Crippen LogP contribution in [0.3, 0.4) is 0 Å². The zero-order valence-electron chi connectivity index (χ0n) is 11.5. The van der Waals surface area contributed by atoms with E-state index in [4.69, 9.17) is 15.9 Å². The smallest absolute Gasteiger partial charge is 0.313 e. The Bertz CT molecular complexity index is 473. The van der Waals surface area contributed by atoms with E-state index >= 15 is 0 Å². The van der Waals surface area contributed by atoms with E-state index in [1.807, 2.05) is 30.3 Å². The zero-order valence-corrected chi connectivity index (χ0v) is 11.5. The molecule has 4 heteroatoms. The summed E-state index contributed by atoms with van der Waals surface area (Å²) < 4.78 is 10.2. The summed E-state index contributed by atoms with van der Waals surface area (Å²) in [5.41, 5.74) is 0.977. The number of rotatable bonds is 8. The maximum absolute atomic E-state index is 11.6. The number of carbonyl (C=O) groups is 2. The van der Waals surface area contributed by atoms with Gasteiger partial charge in [-0.3, -0.25) is 9.59 Å². The fourth-order valence-electron chi connectivity index (χ4n) is 1.59. The van der Waals surface area contributed by atoms with Crippen molar-refractivity contribution in [3.63, 3.8) is 0 Å². The second kappa shape index (κ2) is 8.89. The van der Waals surface area contributed by atoms with Crippen LogP contribution in [0, 0.1) is 12.3 Å². The Hall–Kier alpha value is -2.12. The lowest BCUT2D eigenvalue weighted by molar-refractivity contribution is -0.145. The van der Waals surface area contributed by atoms with E-state index in [1.54, 1.807) is 6.92 Å². The first-order valence-electron chi connectivity index (χ1n) is 6.44. The summed E-state index contributed by atoms with van der Waals surface area (Å²) in [5, 5.41) is 0. The molecule has 4 nitrogen and oxygen atoms in total. The van der Waals surface area contributed by atoms with Gasteiger partial charge in [-0.1, -0.05) is 36.3 Å². The lowest BCUT2D eigenvalue weighted by Crippen LogP contribution is -2.19. The third-order valence-electron chi connectivity index (χ3n) is 2.54. The number of hydrogen-bond donors (Lipinski definition) is 0. The third kappa shape index (κ3) is 6.17. The standard InChI is InChI=1S/C16H18O4/c1-3-15(10-14(17)11-16(18)19-4-2)20-12-13-8-6-5-7-9-13/h1,5-9,15H,4,10-12H2,2H3. The molecule has 0 amide bonds. The molecule has 1 aromatic rings. The monoisotopic (exact) mass is 274 g/mol. The summed E-state index contributed by atoms with van der Waals surface area (Å²) in [7, 11) is 0. The van der Waals surface area contributed by atoms with Crippen LogP contribution >= 0.6 is 0 Å². The highest BCUT2D eigenvalue weighted by Crippen LogP contribution is 2.07. The second-order valence-electron chi connectivity index (χ2n) is 4.18. The van der Waals surface area contributed by atoms with Crippen molar-refractivity contribution in [2.24, 2.45) is 0 Å². The number of hydrogen-bond acceptors (Lipinski definition) is 4. The molecule has 1 rings (SSSR count). The van der Waals surface area contributed by atoms with Crippen molar-refractivity contribution in [2.75, 3.05) is 6.61 Å². The van der Waals surface area contributed by atoms with Crippen LogP contribution in [0.25, 0.3) is 0 Å². The first kappa shape index (κ1) is 15.9. The van der Waals surface area contributed by atoms with Gasteiger partial charge in [0.2, 0.25) is 0 Å². The van der Waals surface area contributed by atoms with E-state index < -0.39 is 12.1 Å². The van der Waals surface area contributed by atoms with E-state index in [0.717, 1.165) is 5.56 Å². The molecule has 1 atom stereocenters. The first-order valence-corrected chi connectivity index (χ1v) is 6.44. The van der Waals surface area contributed by atoms with Crippen LogP contribution < -0.4 is 0 Å². The van der Waals surface area contributed by atoms with Crippen molar-refractivity contribution in [3.8, 4) is 12.3 Å². The summed E-state index contributed by atoms with van der Waals surface area (Å²) in [6, 6.07) is 9.53. The number of Topliss-reactive ketones (excluding diaryl/α,β-unsaturated/α-hetero) is 1. The minimum Gasteiger partial charge on any atom is -0.466 e.